The molecule has 0 aliphatic heterocycles. The van der Waals surface area contributed by atoms with Crippen molar-refractivity contribution >= 4 is 18.3 Å². The van der Waals surface area contributed by atoms with Gasteiger partial charge < -0.3 is 24.8 Å². The average Bonchev–Trinajstić information content (AvgIpc) is 3.21. The zero-order chi connectivity index (χ0) is 14.7. The third-order valence-electron chi connectivity index (χ3n) is 3.82. The van der Waals surface area contributed by atoms with Crippen molar-refractivity contribution in [3.05, 3.63) is 89.5 Å². The van der Waals surface area contributed by atoms with Gasteiger partial charge in [-0.25, -0.2) is 12.1 Å². The summed E-state index contributed by atoms with van der Waals surface area (Å²) in [7, 11) is -0.148. The van der Waals surface area contributed by atoms with E-state index in [0.29, 0.717) is 0 Å². The molecule has 0 atom stereocenters. The van der Waals surface area contributed by atoms with Crippen LogP contribution in [-0.4, -0.2) is 0 Å². The minimum absolute atomic E-state index is 0. The molecule has 4 rings (SSSR count). The second kappa shape index (κ2) is 11.1. The minimum atomic E-state index is -0.148. The van der Waals surface area contributed by atoms with Crippen molar-refractivity contribution in [3.8, 4) is 5.30 Å². The molecule has 0 unspecified atom stereocenters. The molecule has 0 aliphatic carbocycles. The number of hydrogen-bond acceptors (Lipinski definition) is 0. The predicted molar refractivity (Wildman–Crippen MR) is 95.1 cm³/mol. The maximum absolute atomic E-state index is 2.31. The second-order valence-corrected chi connectivity index (χ2v) is 7.25. The Kier molecular flexibility index (Phi) is 10.9. The zero-order valence-electron chi connectivity index (χ0n) is 13.7. The molecule has 0 saturated carbocycles. The molecule has 0 N–H and O–H groups in total. The summed E-state index contributed by atoms with van der Waals surface area (Å²) in [4.78, 5) is 0. The van der Waals surface area contributed by atoms with E-state index in [2.05, 4.69) is 92.2 Å². The first-order chi connectivity index (χ1) is 10.2. The fourth-order valence-electron chi connectivity index (χ4n) is 2.39. The van der Waals surface area contributed by atoms with Crippen LogP contribution >= 0.6 is 7.53 Å². The molecular formula is C20H19Cl2PZr. The SMILES string of the molecule is Cc1ccc[c-]1C.[Cl-].[Cl-].[Zr+4].c1ccc2[cH-]c(-p3cccc3)cc2c1. The molecule has 0 amide bonds. The Hall–Kier alpha value is -0.577. The number of rotatable bonds is 1. The Labute approximate surface area is 177 Å². The first kappa shape index (κ1) is 23.4. The van der Waals surface area contributed by atoms with Crippen molar-refractivity contribution in [2.45, 2.75) is 13.8 Å². The zero-order valence-corrected chi connectivity index (χ0v) is 18.6. The van der Waals surface area contributed by atoms with Gasteiger partial charge in [0, 0.05) is 0 Å². The van der Waals surface area contributed by atoms with E-state index in [1.807, 2.05) is 0 Å². The Morgan fingerprint density at radius 3 is 2.08 bits per heavy atom. The van der Waals surface area contributed by atoms with Gasteiger partial charge >= 0.3 is 26.2 Å². The first-order valence-electron chi connectivity index (χ1n) is 7.22. The summed E-state index contributed by atoms with van der Waals surface area (Å²) >= 11 is 0. The Morgan fingerprint density at radius 1 is 0.917 bits per heavy atom. The van der Waals surface area contributed by atoms with E-state index in [9.17, 15) is 0 Å². The van der Waals surface area contributed by atoms with E-state index in [0.717, 1.165) is 0 Å². The summed E-state index contributed by atoms with van der Waals surface area (Å²) in [6, 6.07) is 23.8. The van der Waals surface area contributed by atoms with Gasteiger partial charge in [-0.05, 0) is 11.6 Å². The van der Waals surface area contributed by atoms with E-state index in [-0.39, 0.29) is 58.6 Å². The van der Waals surface area contributed by atoms with Crippen LogP contribution < -0.4 is 24.8 Å². The monoisotopic (exact) mass is 450 g/mol. The number of aryl methyl sites for hydroxylation is 2. The summed E-state index contributed by atoms with van der Waals surface area (Å²) in [5.41, 5.74) is 2.78. The summed E-state index contributed by atoms with van der Waals surface area (Å²) in [5, 5.41) is 4.18. The molecule has 0 nitrogen and oxygen atoms in total. The van der Waals surface area contributed by atoms with Crippen molar-refractivity contribution < 1.29 is 51.0 Å². The van der Waals surface area contributed by atoms with Gasteiger partial charge in [0.05, 0.1) is 0 Å². The number of benzene rings is 1. The standard InChI is InChI=1S/C13H10P.C7H9.2ClH.Zr/c1-2-6-12-10-13(9-11(12)5-1)14-7-3-4-8-14;1-6-4-3-5-7(6)2;;;/h1-10H;3-5H,1-2H3;2*1H;/q2*-1;;;+4/p-2. The van der Waals surface area contributed by atoms with Crippen molar-refractivity contribution in [1.82, 2.24) is 0 Å². The van der Waals surface area contributed by atoms with Crippen LogP contribution in [0.5, 0.6) is 0 Å². The molecule has 1 aromatic heterocycles. The fraction of sp³-hybridized carbons (Fsp3) is 0.100. The molecule has 3 aromatic carbocycles. The van der Waals surface area contributed by atoms with E-state index in [1.165, 1.54) is 27.2 Å². The van der Waals surface area contributed by atoms with Crippen molar-refractivity contribution in [1.29, 1.82) is 0 Å². The maximum atomic E-state index is 2.31. The molecule has 0 aliphatic rings. The Balaban J connectivity index is 0.000000463. The molecule has 4 aromatic rings. The molecule has 0 radical (unpaired) electrons. The third-order valence-corrected chi connectivity index (χ3v) is 5.66. The van der Waals surface area contributed by atoms with Gasteiger partial charge in [0.25, 0.3) is 0 Å². The summed E-state index contributed by atoms with van der Waals surface area (Å²) in [5.74, 6) is 4.59. The predicted octanol–water partition coefficient (Wildman–Crippen LogP) is 0.562. The summed E-state index contributed by atoms with van der Waals surface area (Å²) < 4.78 is 0. The smallest absolute Gasteiger partial charge is 1.00 e. The molecule has 0 spiro atoms. The van der Waals surface area contributed by atoms with Gasteiger partial charge in [-0.3, -0.25) is 0 Å². The number of fused-ring (bicyclic) bond motifs is 1. The van der Waals surface area contributed by atoms with Gasteiger partial charge in [-0.15, -0.1) is 42.6 Å². The van der Waals surface area contributed by atoms with Crippen LogP contribution in [0.3, 0.4) is 0 Å². The summed E-state index contributed by atoms with van der Waals surface area (Å²) in [6.07, 6.45) is 0. The molecule has 0 fully saturated rings. The normalized spacial score (nSPS) is 9.08. The molecular weight excluding hydrogens is 433 g/mol. The van der Waals surface area contributed by atoms with Gasteiger partial charge in [-0.1, -0.05) is 37.4 Å². The van der Waals surface area contributed by atoms with Crippen LogP contribution in [0.2, 0.25) is 0 Å². The van der Waals surface area contributed by atoms with E-state index < -0.39 is 0 Å². The van der Waals surface area contributed by atoms with Gasteiger partial charge in [-0.2, -0.15) is 23.3 Å². The topological polar surface area (TPSA) is 0 Å². The van der Waals surface area contributed by atoms with E-state index in [1.54, 1.807) is 0 Å². The molecule has 0 saturated heterocycles. The van der Waals surface area contributed by atoms with E-state index >= 15 is 0 Å². The van der Waals surface area contributed by atoms with Crippen molar-refractivity contribution in [2.75, 3.05) is 0 Å². The Bertz CT molecular complexity index is 779. The quantitative estimate of drug-likeness (QED) is 0.371. The number of halogens is 2. The summed E-state index contributed by atoms with van der Waals surface area (Å²) in [6.45, 7) is 4.24. The van der Waals surface area contributed by atoms with Crippen LogP contribution in [0.4, 0.5) is 0 Å². The molecule has 122 valence electrons. The van der Waals surface area contributed by atoms with E-state index in [4.69, 9.17) is 0 Å². The number of hydrogen-bond donors (Lipinski definition) is 0. The van der Waals surface area contributed by atoms with Crippen LogP contribution in [0.25, 0.3) is 16.1 Å². The maximum Gasteiger partial charge on any atom is 4.00 e. The molecule has 0 bridgehead atoms. The minimum Gasteiger partial charge on any atom is -1.00 e. The second-order valence-electron chi connectivity index (χ2n) is 5.32. The van der Waals surface area contributed by atoms with Gasteiger partial charge in [0.15, 0.2) is 0 Å². The Morgan fingerprint density at radius 2 is 1.58 bits per heavy atom. The third kappa shape index (κ3) is 5.75. The van der Waals surface area contributed by atoms with Crippen molar-refractivity contribution in [3.63, 3.8) is 0 Å². The van der Waals surface area contributed by atoms with Crippen molar-refractivity contribution in [2.24, 2.45) is 0 Å². The van der Waals surface area contributed by atoms with Crippen LogP contribution in [0.1, 0.15) is 11.1 Å². The van der Waals surface area contributed by atoms with Gasteiger partial charge in [0.2, 0.25) is 0 Å². The molecule has 4 heteroatoms. The first-order valence-corrected chi connectivity index (χ1v) is 8.70. The fourth-order valence-corrected chi connectivity index (χ4v) is 3.98. The average molecular weight is 452 g/mol. The van der Waals surface area contributed by atoms with Crippen LogP contribution in [-0.2, 0) is 26.2 Å². The van der Waals surface area contributed by atoms with Crippen LogP contribution in [0, 0.1) is 13.8 Å². The van der Waals surface area contributed by atoms with Crippen LogP contribution in [0.15, 0.2) is 78.3 Å². The van der Waals surface area contributed by atoms with Gasteiger partial charge in [0.1, 0.15) is 0 Å². The molecule has 24 heavy (non-hydrogen) atoms. The molecule has 1 heterocycles. The largest absolute Gasteiger partial charge is 4.00 e.